The number of benzene rings is 1. The number of nitrogens with two attached hydrogens (primary N) is 1. The van der Waals surface area contributed by atoms with Crippen molar-refractivity contribution < 1.29 is 9.13 Å². The number of nitriles is 1. The van der Waals surface area contributed by atoms with E-state index in [4.69, 9.17) is 10.5 Å². The fourth-order valence-corrected chi connectivity index (χ4v) is 3.47. The van der Waals surface area contributed by atoms with Gasteiger partial charge in [0, 0.05) is 24.4 Å². The molecule has 0 radical (unpaired) electrons. The largest absolute Gasteiger partial charge is 0.482 e. The van der Waals surface area contributed by atoms with Gasteiger partial charge in [-0.05, 0) is 49.1 Å². The van der Waals surface area contributed by atoms with Gasteiger partial charge in [0.05, 0.1) is 5.69 Å². The highest BCUT2D eigenvalue weighted by molar-refractivity contribution is 5.73. The summed E-state index contributed by atoms with van der Waals surface area (Å²) in [5.41, 5.74) is 10.5. The number of nitrogen functional groups attached to an aromatic ring is 1. The molecule has 1 atom stereocenters. The number of halogens is 1. The second-order valence-corrected chi connectivity index (χ2v) is 6.82. The first-order chi connectivity index (χ1) is 13.9. The van der Waals surface area contributed by atoms with Crippen molar-refractivity contribution in [1.82, 2.24) is 14.8 Å². The molecule has 3 aromatic rings. The van der Waals surface area contributed by atoms with Gasteiger partial charge < -0.3 is 10.5 Å². The third kappa shape index (κ3) is 3.92. The van der Waals surface area contributed by atoms with E-state index in [1.807, 2.05) is 20.8 Å². The highest BCUT2D eigenvalue weighted by Crippen LogP contribution is 2.34. The minimum absolute atomic E-state index is 0.232. The molecule has 0 spiro atoms. The summed E-state index contributed by atoms with van der Waals surface area (Å²) in [7, 11) is 1.74. The fraction of sp³-hybridized carbons (Fsp3) is 0.318. The first-order valence-electron chi connectivity index (χ1n) is 9.56. The topological polar surface area (TPSA) is 89.8 Å². The van der Waals surface area contributed by atoms with Crippen molar-refractivity contribution in [3.05, 3.63) is 58.8 Å². The van der Waals surface area contributed by atoms with Crippen molar-refractivity contribution >= 4 is 5.82 Å². The zero-order chi connectivity index (χ0) is 21.1. The number of aromatic nitrogens is 3. The van der Waals surface area contributed by atoms with Crippen molar-refractivity contribution in [3.63, 3.8) is 0 Å². The lowest BCUT2D eigenvalue weighted by Crippen LogP contribution is -2.09. The minimum Gasteiger partial charge on any atom is -0.482 e. The summed E-state index contributed by atoms with van der Waals surface area (Å²) >= 11 is 0. The monoisotopic (exact) mass is 393 g/mol. The third-order valence-corrected chi connectivity index (χ3v) is 4.96. The summed E-state index contributed by atoms with van der Waals surface area (Å²) in [5, 5.41) is 14.0. The standard InChI is InChI=1S/C22H24FN5O/c1-5-14-7-8-16(23)10-17(14)13(3)29-20-9-15(12-26-22(20)25)21-18(6-2)27-28(4)19(21)11-24/h7-10,12-13H,5-6H2,1-4H3,(H2,25,26)/t13-/m1/s1. The zero-order valence-electron chi connectivity index (χ0n) is 17.0. The van der Waals surface area contributed by atoms with Gasteiger partial charge in [0.2, 0.25) is 0 Å². The van der Waals surface area contributed by atoms with E-state index < -0.39 is 6.10 Å². The molecule has 0 saturated heterocycles. The van der Waals surface area contributed by atoms with Crippen LogP contribution in [0.2, 0.25) is 0 Å². The molecule has 2 N–H and O–H groups in total. The third-order valence-electron chi connectivity index (χ3n) is 4.96. The number of anilines is 1. The van der Waals surface area contributed by atoms with Crippen LogP contribution in [0.5, 0.6) is 5.75 Å². The lowest BCUT2D eigenvalue weighted by atomic mass is 10.0. The molecule has 0 bridgehead atoms. The van der Waals surface area contributed by atoms with Crippen LogP contribution >= 0.6 is 0 Å². The van der Waals surface area contributed by atoms with E-state index in [2.05, 4.69) is 16.2 Å². The molecule has 0 fully saturated rings. The maximum atomic E-state index is 13.8. The predicted molar refractivity (Wildman–Crippen MR) is 110 cm³/mol. The summed E-state index contributed by atoms with van der Waals surface area (Å²) in [4.78, 5) is 4.25. The number of pyridine rings is 1. The average Bonchev–Trinajstić information content (AvgIpc) is 3.04. The van der Waals surface area contributed by atoms with Crippen LogP contribution < -0.4 is 10.5 Å². The van der Waals surface area contributed by atoms with Crippen molar-refractivity contribution in [2.45, 2.75) is 39.7 Å². The molecule has 0 saturated carbocycles. The highest BCUT2D eigenvalue weighted by Gasteiger charge is 2.20. The molecule has 29 heavy (non-hydrogen) atoms. The smallest absolute Gasteiger partial charge is 0.166 e. The predicted octanol–water partition coefficient (Wildman–Crippen LogP) is 4.34. The molecule has 0 aliphatic rings. The summed E-state index contributed by atoms with van der Waals surface area (Å²) < 4.78 is 21.4. The van der Waals surface area contributed by atoms with E-state index in [0.717, 1.165) is 28.8 Å². The van der Waals surface area contributed by atoms with Crippen LogP contribution in [0.15, 0.2) is 30.5 Å². The van der Waals surface area contributed by atoms with Gasteiger partial charge in [-0.25, -0.2) is 9.37 Å². The number of rotatable bonds is 6. The molecule has 6 nitrogen and oxygen atoms in total. The van der Waals surface area contributed by atoms with E-state index in [9.17, 15) is 9.65 Å². The van der Waals surface area contributed by atoms with Crippen molar-refractivity contribution in [2.24, 2.45) is 7.05 Å². The molecular formula is C22H24FN5O. The van der Waals surface area contributed by atoms with Crippen LogP contribution in [0.1, 0.15) is 49.4 Å². The van der Waals surface area contributed by atoms with Crippen molar-refractivity contribution in [3.8, 4) is 22.9 Å². The number of hydrogen-bond donors (Lipinski definition) is 1. The second kappa shape index (κ2) is 8.31. The Morgan fingerprint density at radius 3 is 2.69 bits per heavy atom. The molecule has 0 aliphatic heterocycles. The Bertz CT molecular complexity index is 1080. The maximum absolute atomic E-state index is 13.8. The van der Waals surface area contributed by atoms with E-state index in [1.165, 1.54) is 12.1 Å². The Labute approximate surface area is 169 Å². The Hall–Kier alpha value is -3.40. The van der Waals surface area contributed by atoms with E-state index in [1.54, 1.807) is 30.1 Å². The SMILES string of the molecule is CCc1ccc(F)cc1[C@@H](C)Oc1cc(-c2c(CC)nn(C)c2C#N)cnc1N. The average molecular weight is 393 g/mol. The Morgan fingerprint density at radius 1 is 1.28 bits per heavy atom. The first-order valence-corrected chi connectivity index (χ1v) is 9.56. The summed E-state index contributed by atoms with van der Waals surface area (Å²) in [6.45, 7) is 5.84. The van der Waals surface area contributed by atoms with E-state index in [-0.39, 0.29) is 11.6 Å². The van der Waals surface area contributed by atoms with Gasteiger partial charge >= 0.3 is 0 Å². The molecule has 0 amide bonds. The molecule has 2 heterocycles. The number of ether oxygens (including phenoxy) is 1. The minimum atomic E-state index is -0.421. The molecule has 0 aliphatic carbocycles. The number of hydrogen-bond acceptors (Lipinski definition) is 5. The molecule has 3 rings (SSSR count). The second-order valence-electron chi connectivity index (χ2n) is 6.82. The summed E-state index contributed by atoms with van der Waals surface area (Å²) in [6.07, 6.45) is 2.63. The van der Waals surface area contributed by atoms with Crippen molar-refractivity contribution in [1.29, 1.82) is 5.26 Å². The van der Waals surface area contributed by atoms with Gasteiger partial charge in [0.25, 0.3) is 0 Å². The highest BCUT2D eigenvalue weighted by atomic mass is 19.1. The van der Waals surface area contributed by atoms with Gasteiger partial charge in [0.1, 0.15) is 23.7 Å². The number of nitrogens with zero attached hydrogens (tertiary/aromatic N) is 4. The maximum Gasteiger partial charge on any atom is 0.166 e. The van der Waals surface area contributed by atoms with Crippen LogP contribution in [0, 0.1) is 17.1 Å². The van der Waals surface area contributed by atoms with E-state index >= 15 is 0 Å². The van der Waals surface area contributed by atoms with Crippen LogP contribution in [0.4, 0.5) is 10.2 Å². The Kier molecular flexibility index (Phi) is 5.83. The van der Waals surface area contributed by atoms with Crippen LogP contribution in [-0.4, -0.2) is 14.8 Å². The summed E-state index contributed by atoms with van der Waals surface area (Å²) in [5.74, 6) is 0.306. The van der Waals surface area contributed by atoms with E-state index in [0.29, 0.717) is 23.4 Å². The lowest BCUT2D eigenvalue weighted by molar-refractivity contribution is 0.226. The van der Waals surface area contributed by atoms with Gasteiger partial charge in [-0.15, -0.1) is 0 Å². The van der Waals surface area contributed by atoms with Crippen LogP contribution in [0.25, 0.3) is 11.1 Å². The van der Waals surface area contributed by atoms with Crippen molar-refractivity contribution in [2.75, 3.05) is 5.73 Å². The Balaban J connectivity index is 2.02. The van der Waals surface area contributed by atoms with Crippen LogP contribution in [-0.2, 0) is 19.9 Å². The lowest BCUT2D eigenvalue weighted by Gasteiger charge is -2.19. The zero-order valence-corrected chi connectivity index (χ0v) is 17.0. The summed E-state index contributed by atoms with van der Waals surface area (Å²) in [6, 6.07) is 8.67. The van der Waals surface area contributed by atoms with Gasteiger partial charge in [-0.2, -0.15) is 10.4 Å². The van der Waals surface area contributed by atoms with Gasteiger partial charge in [0.15, 0.2) is 11.6 Å². The normalized spacial score (nSPS) is 11.9. The quantitative estimate of drug-likeness (QED) is 0.673. The fourth-order valence-electron chi connectivity index (χ4n) is 3.47. The number of aryl methyl sites for hydroxylation is 3. The first kappa shape index (κ1) is 20.3. The molecule has 7 heteroatoms. The Morgan fingerprint density at radius 2 is 2.03 bits per heavy atom. The van der Waals surface area contributed by atoms with Gasteiger partial charge in [-0.3, -0.25) is 4.68 Å². The van der Waals surface area contributed by atoms with Crippen LogP contribution in [0.3, 0.4) is 0 Å². The molecular weight excluding hydrogens is 369 g/mol. The van der Waals surface area contributed by atoms with Gasteiger partial charge in [-0.1, -0.05) is 19.9 Å². The molecule has 150 valence electrons. The molecule has 2 aromatic heterocycles. The molecule has 1 aromatic carbocycles. The molecule has 0 unspecified atom stereocenters.